The van der Waals surface area contributed by atoms with E-state index in [0.717, 1.165) is 11.6 Å². The number of carbonyl (C=O) groups is 2. The van der Waals surface area contributed by atoms with Gasteiger partial charge in [-0.25, -0.2) is 8.78 Å². The molecule has 0 saturated heterocycles. The SMILES string of the molecule is CC(C)N(C(=O)COc1nnc(C(F)(F)F)s1)c1ccc(F)cc1.CCC(Oc1ccc(F)c(C(F)(F)F)c1)C(=O)NCc1ccccc1. The van der Waals surface area contributed by atoms with Crippen LogP contribution in [0.1, 0.15) is 43.3 Å². The molecule has 0 aliphatic heterocycles. The van der Waals surface area contributed by atoms with Crippen molar-refractivity contribution in [2.45, 2.75) is 58.2 Å². The number of rotatable bonds is 11. The van der Waals surface area contributed by atoms with Crippen molar-refractivity contribution < 1.29 is 54.2 Å². The maximum Gasteiger partial charge on any atom is 0.445 e. The second-order valence-corrected chi connectivity index (χ2v) is 11.3. The minimum Gasteiger partial charge on any atom is -0.481 e. The van der Waals surface area contributed by atoms with Crippen molar-refractivity contribution >= 4 is 28.8 Å². The monoisotopic (exact) mass is 718 g/mol. The van der Waals surface area contributed by atoms with Crippen LogP contribution in [0.5, 0.6) is 10.9 Å². The standard InChI is InChI=1S/C18H17F4NO2.C14H13F4N3O2S/c1-2-16(17(24)23-11-12-6-4-3-5-7-12)25-13-8-9-15(19)14(10-13)18(20,21)22;1-8(2)21(10-5-3-9(15)4-6-10)11(22)7-23-13-20-19-12(24-13)14(16,17)18/h3-10,16H,2,11H2,1H3,(H,23,24);3-6,8H,7H2,1-2H3. The van der Waals surface area contributed by atoms with Crippen LogP contribution in [-0.2, 0) is 28.5 Å². The molecule has 1 unspecified atom stereocenters. The molecule has 0 aliphatic rings. The quantitative estimate of drug-likeness (QED) is 0.159. The van der Waals surface area contributed by atoms with Crippen LogP contribution in [0.25, 0.3) is 0 Å². The van der Waals surface area contributed by atoms with E-state index in [1.165, 1.54) is 29.2 Å². The van der Waals surface area contributed by atoms with Crippen molar-refractivity contribution in [3.8, 4) is 10.9 Å². The molecule has 0 bridgehead atoms. The molecule has 17 heteroatoms. The van der Waals surface area contributed by atoms with Gasteiger partial charge in [0.25, 0.3) is 17.0 Å². The Labute approximate surface area is 279 Å². The fourth-order valence-electron chi connectivity index (χ4n) is 4.09. The number of alkyl halides is 6. The number of amides is 2. The molecule has 0 spiro atoms. The molecule has 49 heavy (non-hydrogen) atoms. The fraction of sp³-hybridized carbons (Fsp3) is 0.312. The highest BCUT2D eigenvalue weighted by molar-refractivity contribution is 7.13. The lowest BCUT2D eigenvalue weighted by Crippen LogP contribution is -2.40. The van der Waals surface area contributed by atoms with Crippen LogP contribution in [-0.4, -0.2) is 40.8 Å². The van der Waals surface area contributed by atoms with Gasteiger partial charge in [-0.2, -0.15) is 26.3 Å². The molecule has 0 aliphatic carbocycles. The summed E-state index contributed by atoms with van der Waals surface area (Å²) in [5.74, 6) is -3.00. The van der Waals surface area contributed by atoms with Crippen molar-refractivity contribution in [1.82, 2.24) is 15.5 Å². The van der Waals surface area contributed by atoms with E-state index < -0.39 is 59.1 Å². The number of aromatic nitrogens is 2. The highest BCUT2D eigenvalue weighted by atomic mass is 32.1. The van der Waals surface area contributed by atoms with Crippen LogP contribution in [0.4, 0.5) is 40.8 Å². The Bertz CT molecular complexity index is 1670. The largest absolute Gasteiger partial charge is 0.481 e. The first-order valence-electron chi connectivity index (χ1n) is 14.5. The van der Waals surface area contributed by atoms with E-state index in [2.05, 4.69) is 15.5 Å². The summed E-state index contributed by atoms with van der Waals surface area (Å²) >= 11 is 0.210. The molecule has 8 nitrogen and oxygen atoms in total. The molecule has 1 aromatic heterocycles. The minimum atomic E-state index is -4.83. The van der Waals surface area contributed by atoms with Gasteiger partial charge in [0.05, 0.1) is 5.56 Å². The number of carbonyl (C=O) groups excluding carboxylic acids is 2. The lowest BCUT2D eigenvalue weighted by atomic mass is 10.2. The van der Waals surface area contributed by atoms with Crippen LogP contribution in [0.3, 0.4) is 0 Å². The molecule has 4 aromatic rings. The van der Waals surface area contributed by atoms with E-state index in [1.54, 1.807) is 20.8 Å². The van der Waals surface area contributed by atoms with Crippen LogP contribution in [0.2, 0.25) is 0 Å². The third kappa shape index (κ3) is 11.7. The number of anilines is 1. The predicted octanol–water partition coefficient (Wildman–Crippen LogP) is 7.83. The van der Waals surface area contributed by atoms with Crippen LogP contribution < -0.4 is 19.7 Å². The summed E-state index contributed by atoms with van der Waals surface area (Å²) in [5.41, 5.74) is -0.0929. The molecule has 1 atom stereocenters. The van der Waals surface area contributed by atoms with Gasteiger partial charge >= 0.3 is 12.4 Å². The topological polar surface area (TPSA) is 93.7 Å². The first kappa shape index (κ1) is 38.6. The Hall–Kier alpha value is -4.80. The van der Waals surface area contributed by atoms with E-state index in [1.807, 2.05) is 30.3 Å². The van der Waals surface area contributed by atoms with Gasteiger partial charge in [-0.1, -0.05) is 53.7 Å². The van der Waals surface area contributed by atoms with Gasteiger partial charge in [0.1, 0.15) is 17.4 Å². The summed E-state index contributed by atoms with van der Waals surface area (Å²) in [4.78, 5) is 25.8. The number of hydrogen-bond donors (Lipinski definition) is 1. The summed E-state index contributed by atoms with van der Waals surface area (Å²) < 4.78 is 112. The smallest absolute Gasteiger partial charge is 0.445 e. The van der Waals surface area contributed by atoms with Crippen LogP contribution >= 0.6 is 11.3 Å². The second kappa shape index (κ2) is 17.0. The van der Waals surface area contributed by atoms with Crippen molar-refractivity contribution in [3.63, 3.8) is 0 Å². The lowest BCUT2D eigenvalue weighted by molar-refractivity contribution is -0.140. The van der Waals surface area contributed by atoms with Gasteiger partial charge in [-0.3, -0.25) is 9.59 Å². The lowest BCUT2D eigenvalue weighted by Gasteiger charge is -2.26. The number of hydrogen-bond acceptors (Lipinski definition) is 7. The van der Waals surface area contributed by atoms with Crippen LogP contribution in [0, 0.1) is 11.6 Å². The molecule has 1 N–H and O–H groups in total. The molecule has 2 amide bonds. The highest BCUT2D eigenvalue weighted by Crippen LogP contribution is 2.35. The highest BCUT2D eigenvalue weighted by Gasteiger charge is 2.36. The summed E-state index contributed by atoms with van der Waals surface area (Å²) in [6, 6.07) is 16.5. The van der Waals surface area contributed by atoms with Crippen LogP contribution in [0.15, 0.2) is 72.8 Å². The zero-order valence-electron chi connectivity index (χ0n) is 26.1. The maximum absolute atomic E-state index is 13.3. The molecule has 0 radical (unpaired) electrons. The Morgan fingerprint density at radius 2 is 1.55 bits per heavy atom. The van der Waals surface area contributed by atoms with Crippen molar-refractivity contribution in [3.05, 3.63) is 101 Å². The average Bonchev–Trinajstić information content (AvgIpc) is 3.53. The summed E-state index contributed by atoms with van der Waals surface area (Å²) in [7, 11) is 0. The molecule has 264 valence electrons. The second-order valence-electron chi connectivity index (χ2n) is 10.4. The zero-order valence-corrected chi connectivity index (χ0v) is 26.9. The fourth-order valence-corrected chi connectivity index (χ4v) is 4.65. The number of nitrogens with zero attached hydrogens (tertiary/aromatic N) is 3. The molecule has 3 aromatic carbocycles. The van der Waals surface area contributed by atoms with Gasteiger partial charge in [-0.05, 0) is 68.3 Å². The molecular weight excluding hydrogens is 688 g/mol. The first-order valence-corrected chi connectivity index (χ1v) is 15.3. The van der Waals surface area contributed by atoms with Crippen molar-refractivity contribution in [2.75, 3.05) is 11.5 Å². The molecule has 4 rings (SSSR count). The van der Waals surface area contributed by atoms with E-state index in [9.17, 15) is 44.7 Å². The van der Waals surface area contributed by atoms with E-state index >= 15 is 0 Å². The van der Waals surface area contributed by atoms with Gasteiger partial charge in [-0.15, -0.1) is 5.10 Å². The van der Waals surface area contributed by atoms with Gasteiger partial charge in [0, 0.05) is 18.3 Å². The minimum absolute atomic E-state index is 0.210. The van der Waals surface area contributed by atoms with Gasteiger partial charge in [0.15, 0.2) is 12.7 Å². The molecular formula is C32H30F8N4O4S. The number of ether oxygens (including phenoxy) is 2. The molecule has 0 fully saturated rings. The number of nitrogens with one attached hydrogen (secondary N) is 1. The van der Waals surface area contributed by atoms with Gasteiger partial charge in [0.2, 0.25) is 5.01 Å². The average molecular weight is 719 g/mol. The third-order valence-electron chi connectivity index (χ3n) is 6.35. The third-order valence-corrected chi connectivity index (χ3v) is 7.23. The van der Waals surface area contributed by atoms with Crippen molar-refractivity contribution in [1.29, 1.82) is 0 Å². The van der Waals surface area contributed by atoms with Gasteiger partial charge < -0.3 is 19.7 Å². The zero-order chi connectivity index (χ0) is 36.4. The van der Waals surface area contributed by atoms with Crippen molar-refractivity contribution in [2.24, 2.45) is 0 Å². The first-order chi connectivity index (χ1) is 23.0. The Balaban J connectivity index is 0.000000266. The Morgan fingerprint density at radius 3 is 2.10 bits per heavy atom. The Morgan fingerprint density at radius 1 is 0.898 bits per heavy atom. The number of benzene rings is 3. The van der Waals surface area contributed by atoms with E-state index in [-0.39, 0.29) is 41.3 Å². The molecule has 0 saturated carbocycles. The van der Waals surface area contributed by atoms with E-state index in [0.29, 0.717) is 17.8 Å². The molecule has 1 heterocycles. The predicted molar refractivity (Wildman–Crippen MR) is 164 cm³/mol. The summed E-state index contributed by atoms with van der Waals surface area (Å²) in [6.07, 6.45) is -10.2. The Kier molecular flexibility index (Phi) is 13.4. The van der Waals surface area contributed by atoms with E-state index in [4.69, 9.17) is 9.47 Å². The number of halogens is 8. The maximum atomic E-state index is 13.3. The summed E-state index contributed by atoms with van der Waals surface area (Å²) in [5, 5.41) is 7.38. The normalized spacial score (nSPS) is 12.1. The summed E-state index contributed by atoms with van der Waals surface area (Å²) in [6.45, 7) is 4.92.